The predicted octanol–water partition coefficient (Wildman–Crippen LogP) is 9.10. The summed E-state index contributed by atoms with van der Waals surface area (Å²) in [6.07, 6.45) is 25.7. The number of nitrogens with one attached hydrogen (secondary N) is 8. The summed E-state index contributed by atoms with van der Waals surface area (Å²) in [5, 5.41) is 21.4. The molecule has 8 N–H and O–H groups in total. The van der Waals surface area contributed by atoms with Crippen LogP contribution in [0.3, 0.4) is 0 Å². The van der Waals surface area contributed by atoms with E-state index >= 15 is 0 Å². The molecular weight excluding hydrogens is 817 g/mol. The zero-order valence-electron chi connectivity index (χ0n) is 36.9. The first-order valence-corrected chi connectivity index (χ1v) is 22.1. The maximum atomic E-state index is 5.25. The van der Waals surface area contributed by atoms with E-state index in [4.69, 9.17) is 9.47 Å². The van der Waals surface area contributed by atoms with Gasteiger partial charge in [0, 0.05) is 94.1 Å². The van der Waals surface area contributed by atoms with Gasteiger partial charge in [0.05, 0.1) is 38.4 Å². The van der Waals surface area contributed by atoms with Crippen LogP contribution in [0.2, 0.25) is 0 Å². The molecule has 0 spiro atoms. The van der Waals surface area contributed by atoms with Crippen molar-refractivity contribution in [1.82, 2.24) is 0 Å². The molecule has 6 aromatic carbocycles. The van der Waals surface area contributed by atoms with Crippen molar-refractivity contribution >= 4 is 68.3 Å². The van der Waals surface area contributed by atoms with Crippen molar-refractivity contribution < 1.29 is 19.5 Å². The number of hydrogen-bond acceptors (Lipinski definition) is 8. The molecule has 0 aliphatic heterocycles. The summed E-state index contributed by atoms with van der Waals surface area (Å²) in [6.45, 7) is 0. The van der Waals surface area contributed by atoms with E-state index < -0.39 is 0 Å². The van der Waals surface area contributed by atoms with Crippen molar-refractivity contribution in [2.24, 2.45) is 0 Å². The molecule has 0 unspecified atom stereocenters. The predicted molar refractivity (Wildman–Crippen MR) is 274 cm³/mol. The minimum Gasteiger partial charge on any atom is -0.497 e. The molecule has 10 nitrogen and oxygen atoms in total. The third kappa shape index (κ3) is 11.9. The van der Waals surface area contributed by atoms with Gasteiger partial charge in [0.15, 0.2) is 0 Å². The van der Waals surface area contributed by atoms with Crippen molar-refractivity contribution in [3.63, 3.8) is 0 Å². The maximum absolute atomic E-state index is 5.25. The van der Waals surface area contributed by atoms with Gasteiger partial charge >= 0.3 is 0 Å². The van der Waals surface area contributed by atoms with Crippen molar-refractivity contribution in [3.8, 4) is 11.5 Å². The Morgan fingerprint density at radius 1 is 0.303 bits per heavy atom. The fourth-order valence-electron chi connectivity index (χ4n) is 7.61. The van der Waals surface area contributed by atoms with E-state index in [1.165, 1.54) is 0 Å². The Labute approximate surface area is 386 Å². The van der Waals surface area contributed by atoms with Crippen LogP contribution in [0.1, 0.15) is 0 Å². The molecule has 0 amide bonds. The van der Waals surface area contributed by atoms with Crippen LogP contribution >= 0.6 is 0 Å². The molecule has 3 aliphatic carbocycles. The SMILES string of the molecule is COc1ccc([NH+]=C2C=CC(Nc3ccc(Nc4ccc(NC5C=CC(Nc6ccc(Nc7ccc(NC8C=CC(=[NH+]c9ccc(OC)cc9)C=C8)cc7)cc6)C=C5)cc4)cc3)C=C2)cc1. The Balaban J connectivity index is 0.677. The Bertz CT molecular complexity index is 2570. The number of methoxy groups -OCH3 is 2. The van der Waals surface area contributed by atoms with Crippen LogP contribution in [0, 0.1) is 0 Å². The van der Waals surface area contributed by atoms with Crippen LogP contribution in [-0.2, 0) is 0 Å². The number of anilines is 8. The van der Waals surface area contributed by atoms with Crippen LogP contribution in [0.25, 0.3) is 0 Å². The second-order valence-electron chi connectivity index (χ2n) is 16.1. The lowest BCUT2D eigenvalue weighted by molar-refractivity contribution is -0.352. The van der Waals surface area contributed by atoms with Gasteiger partial charge in [-0.1, -0.05) is 48.6 Å². The first kappa shape index (κ1) is 42.8. The van der Waals surface area contributed by atoms with Gasteiger partial charge in [0.2, 0.25) is 22.8 Å². The molecule has 9 rings (SSSR count). The van der Waals surface area contributed by atoms with Gasteiger partial charge in [-0.2, -0.15) is 0 Å². The van der Waals surface area contributed by atoms with Gasteiger partial charge in [0.1, 0.15) is 11.5 Å². The highest BCUT2D eigenvalue weighted by Gasteiger charge is 2.13. The maximum Gasteiger partial charge on any atom is 0.204 e. The van der Waals surface area contributed by atoms with E-state index in [2.05, 4.69) is 212 Å². The summed E-state index contributed by atoms with van der Waals surface area (Å²) < 4.78 is 10.5. The molecule has 0 fully saturated rings. The summed E-state index contributed by atoms with van der Waals surface area (Å²) in [6, 6.07) is 49.8. The summed E-state index contributed by atoms with van der Waals surface area (Å²) >= 11 is 0. The molecule has 0 saturated heterocycles. The largest absolute Gasteiger partial charge is 0.497 e. The van der Waals surface area contributed by atoms with E-state index in [-0.39, 0.29) is 24.2 Å². The number of rotatable bonds is 16. The van der Waals surface area contributed by atoms with Gasteiger partial charge < -0.3 is 41.4 Å². The number of hydrogen-bond donors (Lipinski definition) is 8. The number of allylic oxidation sites excluding steroid dienone is 4. The molecule has 0 atom stereocenters. The van der Waals surface area contributed by atoms with E-state index in [0.717, 1.165) is 79.8 Å². The van der Waals surface area contributed by atoms with Gasteiger partial charge in [0.25, 0.3) is 0 Å². The number of ether oxygens (including phenoxy) is 2. The molecule has 3 aliphatic rings. The Kier molecular flexibility index (Phi) is 13.5. The summed E-state index contributed by atoms with van der Waals surface area (Å²) in [4.78, 5) is 6.86. The molecule has 66 heavy (non-hydrogen) atoms. The topological polar surface area (TPSA) is 119 Å². The second-order valence-corrected chi connectivity index (χ2v) is 16.1. The lowest BCUT2D eigenvalue weighted by Crippen LogP contribution is -2.65. The van der Waals surface area contributed by atoms with E-state index in [9.17, 15) is 0 Å². The summed E-state index contributed by atoms with van der Waals surface area (Å²) in [5.74, 6) is 1.68. The van der Waals surface area contributed by atoms with Crippen LogP contribution in [-0.4, -0.2) is 49.8 Å². The van der Waals surface area contributed by atoms with Crippen molar-refractivity contribution in [1.29, 1.82) is 0 Å². The standard InChI is InChI=1S/C56H52N8O2/c1-65-55-35-31-53(32-36-55)63-51-27-23-49(24-28-51)61-47-19-15-45(16-20-47)59-43-11-7-41(8-12-43)57-39-3-5-40(6-4-39)58-42-9-13-44(14-10-42)60-46-17-21-48(22-18-46)62-50-25-29-52(30-26-50)64-54-33-37-56(66-2)38-34-54/h3-40,49-50,57-62H,1-2H3/p+2. The average Bonchev–Trinajstić information content (AvgIpc) is 3.36. The highest BCUT2D eigenvalue weighted by atomic mass is 16.5. The quantitative estimate of drug-likeness (QED) is 0.0455. The molecule has 0 radical (unpaired) electrons. The normalized spacial score (nSPS) is 18.0. The Morgan fingerprint density at radius 3 is 0.803 bits per heavy atom. The molecular formula is C56H54N8O2+2. The minimum atomic E-state index is 0.105. The summed E-state index contributed by atoms with van der Waals surface area (Å²) in [7, 11) is 3.35. The molecule has 0 saturated carbocycles. The van der Waals surface area contributed by atoms with Gasteiger partial charge in [-0.25, -0.2) is 9.98 Å². The van der Waals surface area contributed by atoms with E-state index in [1.54, 1.807) is 14.2 Å². The van der Waals surface area contributed by atoms with Crippen LogP contribution in [0.5, 0.6) is 11.5 Å². The Morgan fingerprint density at radius 2 is 0.545 bits per heavy atom. The van der Waals surface area contributed by atoms with Crippen molar-refractivity contribution in [2.45, 2.75) is 24.2 Å². The first-order chi connectivity index (χ1) is 32.5. The second kappa shape index (κ2) is 20.8. The average molecular weight is 871 g/mol. The molecule has 0 heterocycles. The van der Waals surface area contributed by atoms with Gasteiger partial charge in [-0.15, -0.1) is 0 Å². The van der Waals surface area contributed by atoms with Crippen molar-refractivity contribution in [2.75, 3.05) is 46.1 Å². The zero-order chi connectivity index (χ0) is 44.9. The third-order valence-corrected chi connectivity index (χ3v) is 11.2. The van der Waals surface area contributed by atoms with Gasteiger partial charge in [-0.05, 0) is 121 Å². The van der Waals surface area contributed by atoms with Crippen LogP contribution < -0.4 is 51.4 Å². The lowest BCUT2D eigenvalue weighted by Gasteiger charge is -2.21. The zero-order valence-corrected chi connectivity index (χ0v) is 36.9. The van der Waals surface area contributed by atoms with E-state index in [1.807, 2.05) is 48.5 Å². The van der Waals surface area contributed by atoms with Crippen LogP contribution in [0.15, 0.2) is 219 Å². The molecule has 0 bridgehead atoms. The lowest BCUT2D eigenvalue weighted by atomic mass is 10.1. The Hall–Kier alpha value is -8.50. The minimum absolute atomic E-state index is 0.105. The number of benzene rings is 6. The van der Waals surface area contributed by atoms with E-state index in [0.29, 0.717) is 0 Å². The molecule has 10 heteroatoms. The monoisotopic (exact) mass is 870 g/mol. The van der Waals surface area contributed by atoms with Crippen molar-refractivity contribution in [3.05, 3.63) is 219 Å². The molecule has 0 aromatic heterocycles. The fraction of sp³-hybridized carbons (Fsp3) is 0.107. The third-order valence-electron chi connectivity index (χ3n) is 11.2. The first-order valence-electron chi connectivity index (χ1n) is 22.1. The highest BCUT2D eigenvalue weighted by molar-refractivity contribution is 6.02. The molecule has 328 valence electrons. The smallest absolute Gasteiger partial charge is 0.204 e. The highest BCUT2D eigenvalue weighted by Crippen LogP contribution is 2.25. The van der Waals surface area contributed by atoms with Crippen LogP contribution in [0.4, 0.5) is 56.9 Å². The van der Waals surface area contributed by atoms with Gasteiger partial charge in [-0.3, -0.25) is 0 Å². The molecule has 6 aromatic rings. The fourth-order valence-corrected chi connectivity index (χ4v) is 7.61. The summed E-state index contributed by atoms with van der Waals surface area (Å²) in [5.41, 5.74) is 12.4.